The number of nitrogens with zero attached hydrogens (tertiary/aromatic N) is 2. The molecule has 0 spiro atoms. The van der Waals surface area contributed by atoms with Crippen molar-refractivity contribution in [1.82, 2.24) is 4.58 Å². The molecular weight excluding hydrogens is 544 g/mol. The summed E-state index contributed by atoms with van der Waals surface area (Å²) in [6, 6.07) is 13.8. The number of rotatable bonds is 8. The second-order valence-corrected chi connectivity index (χ2v) is 11.8. The molecule has 0 aromatic heterocycles. The largest absolute Gasteiger partial charge is 0.456 e. The van der Waals surface area contributed by atoms with Gasteiger partial charge in [0.05, 0.1) is 11.0 Å². The van der Waals surface area contributed by atoms with E-state index >= 15 is 0 Å². The number of aliphatic hydroxyl groups is 1. The highest BCUT2D eigenvalue weighted by atomic mass is 32.2. The van der Waals surface area contributed by atoms with Gasteiger partial charge in [0.15, 0.2) is 0 Å². The molecule has 1 aliphatic carbocycles. The Hall–Kier alpha value is -3.29. The van der Waals surface area contributed by atoms with E-state index in [4.69, 9.17) is 4.42 Å². The first-order valence-electron chi connectivity index (χ1n) is 12.4. The third-order valence-electron chi connectivity index (χ3n) is 6.74. The Morgan fingerprint density at radius 1 is 0.872 bits per heavy atom. The first kappa shape index (κ1) is 28.7. The van der Waals surface area contributed by atoms with Gasteiger partial charge >= 0.3 is 0 Å². The van der Waals surface area contributed by atoms with E-state index in [0.717, 1.165) is 30.6 Å². The first-order chi connectivity index (χ1) is 18.3. The van der Waals surface area contributed by atoms with Crippen molar-refractivity contribution >= 4 is 36.9 Å². The van der Waals surface area contributed by atoms with Crippen molar-refractivity contribution in [3.05, 3.63) is 60.0 Å². The molecule has 0 radical (unpaired) electrons. The van der Waals surface area contributed by atoms with Crippen LogP contribution in [0.25, 0.3) is 33.4 Å². The Morgan fingerprint density at radius 2 is 1.54 bits per heavy atom. The highest BCUT2D eigenvalue weighted by Crippen LogP contribution is 2.43. The van der Waals surface area contributed by atoms with Crippen LogP contribution in [-0.4, -0.2) is 56.9 Å². The molecular formula is C27H31N2O8S2+. The number of hydrogen-bond donors (Lipinski definition) is 3. The van der Waals surface area contributed by atoms with Gasteiger partial charge < -0.3 is 14.4 Å². The molecule has 12 heteroatoms. The van der Waals surface area contributed by atoms with E-state index in [9.17, 15) is 31.0 Å². The zero-order valence-electron chi connectivity index (χ0n) is 22.0. The Bertz CT molecular complexity index is 1800. The van der Waals surface area contributed by atoms with E-state index in [-0.39, 0.29) is 5.56 Å². The predicted molar refractivity (Wildman–Crippen MR) is 149 cm³/mol. The fourth-order valence-corrected chi connectivity index (χ4v) is 6.17. The molecule has 0 amide bonds. The Morgan fingerprint density at radius 3 is 2.10 bits per heavy atom. The molecule has 0 bridgehead atoms. The van der Waals surface area contributed by atoms with Crippen LogP contribution in [0.3, 0.4) is 0 Å². The van der Waals surface area contributed by atoms with Crippen LogP contribution in [0.1, 0.15) is 27.7 Å². The molecule has 0 fully saturated rings. The standard InChI is InChI=1S/C27H30N2O8S2/c1-5-28(6-2)18-8-11-21-24(14-18)37-25-15-19(29(7-3)17(4)30)9-12-22(25)27(21)23-13-10-20(38(31,32)33)16-26(23)39(34,35)36/h8-17,30H,5-7H2,1-4H3,(H-,31,32,33,34,35,36)/p+1. The molecule has 10 nitrogen and oxygen atoms in total. The van der Waals surface area contributed by atoms with Crippen molar-refractivity contribution in [3.8, 4) is 22.5 Å². The smallest absolute Gasteiger partial charge is 0.295 e. The SMILES string of the molecule is CCN(c1ccc2c(-c3ccc(S(=O)(=O)O)cc3S(=O)(=O)O)c3ccc(=[N+](CC)CC)cc-3oc2c1)C(C)O. The number of anilines is 1. The molecule has 208 valence electrons. The fourth-order valence-electron chi connectivity index (χ4n) is 4.87. The third-order valence-corrected chi connectivity index (χ3v) is 8.48. The Kier molecular flexibility index (Phi) is 7.88. The Labute approximate surface area is 227 Å². The molecule has 1 atom stereocenters. The van der Waals surface area contributed by atoms with Crippen LogP contribution in [0.4, 0.5) is 5.69 Å². The molecule has 1 aliphatic heterocycles. The van der Waals surface area contributed by atoms with Gasteiger partial charge in [-0.25, -0.2) is 4.58 Å². The molecule has 0 saturated carbocycles. The molecule has 39 heavy (non-hydrogen) atoms. The van der Waals surface area contributed by atoms with Crippen LogP contribution >= 0.6 is 0 Å². The molecule has 3 N–H and O–H groups in total. The highest BCUT2D eigenvalue weighted by Gasteiger charge is 2.27. The minimum atomic E-state index is -4.92. The molecule has 2 aliphatic rings. The predicted octanol–water partition coefficient (Wildman–Crippen LogP) is 3.67. The van der Waals surface area contributed by atoms with Gasteiger partial charge in [-0.1, -0.05) is 6.07 Å². The first-order valence-corrected chi connectivity index (χ1v) is 15.3. The lowest BCUT2D eigenvalue weighted by Crippen LogP contribution is -2.32. The summed E-state index contributed by atoms with van der Waals surface area (Å²) in [7, 11) is -9.67. The lowest BCUT2D eigenvalue weighted by atomic mass is 9.93. The number of benzene rings is 3. The average Bonchev–Trinajstić information content (AvgIpc) is 2.86. The normalized spacial score (nSPS) is 13.1. The van der Waals surface area contributed by atoms with Gasteiger partial charge in [0.1, 0.15) is 35.6 Å². The molecule has 4 rings (SSSR count). The number of fused-ring (bicyclic) bond motifs is 2. The second kappa shape index (κ2) is 10.7. The quantitative estimate of drug-likeness (QED) is 0.124. The summed E-state index contributed by atoms with van der Waals surface area (Å²) in [5.41, 5.74) is 2.00. The van der Waals surface area contributed by atoms with Gasteiger partial charge in [-0.05, 0) is 58.0 Å². The van der Waals surface area contributed by atoms with Gasteiger partial charge in [0.2, 0.25) is 5.36 Å². The zero-order chi connectivity index (χ0) is 28.7. The van der Waals surface area contributed by atoms with Gasteiger partial charge in [-0.15, -0.1) is 0 Å². The van der Waals surface area contributed by atoms with Gasteiger partial charge in [0.25, 0.3) is 20.2 Å². The lowest BCUT2D eigenvalue weighted by molar-refractivity contribution is 0.190. The van der Waals surface area contributed by atoms with E-state index in [1.165, 1.54) is 6.07 Å². The van der Waals surface area contributed by atoms with Gasteiger partial charge in [-0.3, -0.25) is 9.11 Å². The van der Waals surface area contributed by atoms with E-state index in [1.807, 2.05) is 32.9 Å². The van der Waals surface area contributed by atoms with Gasteiger partial charge in [-0.2, -0.15) is 16.8 Å². The number of aliphatic hydroxyl groups excluding tert-OH is 1. The molecule has 2 aromatic rings. The topological polar surface area (TPSA) is 148 Å². The molecule has 1 heterocycles. The maximum Gasteiger partial charge on any atom is 0.295 e. The van der Waals surface area contributed by atoms with Gasteiger partial charge in [0, 0.05) is 46.4 Å². The summed E-state index contributed by atoms with van der Waals surface area (Å²) in [4.78, 5) is 0.396. The number of hydrogen-bond acceptors (Lipinski definition) is 7. The molecule has 1 unspecified atom stereocenters. The summed E-state index contributed by atoms with van der Waals surface area (Å²) in [5.74, 6) is 0.430. The minimum absolute atomic E-state index is 0.0295. The summed E-state index contributed by atoms with van der Waals surface area (Å²) in [5, 5.41) is 11.6. The van der Waals surface area contributed by atoms with Crippen molar-refractivity contribution in [1.29, 1.82) is 0 Å². The van der Waals surface area contributed by atoms with Crippen LogP contribution < -0.4 is 14.8 Å². The summed E-state index contributed by atoms with van der Waals surface area (Å²) in [6.45, 7) is 9.58. The molecule has 0 saturated heterocycles. The van der Waals surface area contributed by atoms with E-state index in [0.29, 0.717) is 40.1 Å². The third kappa shape index (κ3) is 5.56. The lowest BCUT2D eigenvalue weighted by Gasteiger charge is -2.26. The average molecular weight is 576 g/mol. The fraction of sp³-hybridized carbons (Fsp3) is 0.296. The van der Waals surface area contributed by atoms with Crippen LogP contribution in [0, 0.1) is 0 Å². The van der Waals surface area contributed by atoms with E-state index in [1.54, 1.807) is 36.1 Å². The van der Waals surface area contributed by atoms with Crippen LogP contribution in [-0.2, 0) is 20.2 Å². The summed E-state index contributed by atoms with van der Waals surface area (Å²) < 4.78 is 76.5. The maximum atomic E-state index is 12.5. The summed E-state index contributed by atoms with van der Waals surface area (Å²) in [6.07, 6.45) is -0.777. The monoisotopic (exact) mass is 575 g/mol. The van der Waals surface area contributed by atoms with Crippen molar-refractivity contribution in [2.75, 3.05) is 24.5 Å². The Balaban J connectivity index is 2.19. The zero-order valence-corrected chi connectivity index (χ0v) is 23.6. The van der Waals surface area contributed by atoms with E-state index < -0.39 is 36.3 Å². The molecule has 2 aromatic carbocycles. The summed E-state index contributed by atoms with van der Waals surface area (Å²) >= 11 is 0. The van der Waals surface area contributed by atoms with Crippen LogP contribution in [0.5, 0.6) is 0 Å². The van der Waals surface area contributed by atoms with Crippen molar-refractivity contribution < 1.29 is 35.5 Å². The van der Waals surface area contributed by atoms with Crippen molar-refractivity contribution in [2.45, 2.75) is 43.7 Å². The van der Waals surface area contributed by atoms with E-state index in [2.05, 4.69) is 4.58 Å². The highest BCUT2D eigenvalue weighted by molar-refractivity contribution is 7.86. The second-order valence-electron chi connectivity index (χ2n) is 9.04. The maximum absolute atomic E-state index is 12.5. The van der Waals surface area contributed by atoms with Crippen LogP contribution in [0.2, 0.25) is 0 Å². The van der Waals surface area contributed by atoms with Crippen LogP contribution in [0.15, 0.2) is 68.8 Å². The minimum Gasteiger partial charge on any atom is -0.456 e. The van der Waals surface area contributed by atoms with Crippen molar-refractivity contribution in [3.63, 3.8) is 0 Å². The van der Waals surface area contributed by atoms with Crippen molar-refractivity contribution in [2.24, 2.45) is 0 Å².